The molecule has 9 heteroatoms. The number of nitriles is 1. The average Bonchev–Trinajstić information content (AvgIpc) is 3.22. The van der Waals surface area contributed by atoms with Gasteiger partial charge in [0.2, 0.25) is 0 Å². The highest BCUT2D eigenvalue weighted by atomic mass is 19.1. The number of nitrogens with one attached hydrogen (secondary N) is 1. The number of carbonyl (C=O) groups excluding carboxylic acids is 1. The Hall–Kier alpha value is -3.74. The molecule has 2 N–H and O–H groups in total. The van der Waals surface area contributed by atoms with Gasteiger partial charge < -0.3 is 15.3 Å². The third-order valence-electron chi connectivity index (χ3n) is 5.74. The fraction of sp³-hybridized carbons (Fsp3) is 0.292. The second kappa shape index (κ2) is 9.81. The van der Waals surface area contributed by atoms with Gasteiger partial charge in [0, 0.05) is 44.6 Å². The maximum absolute atomic E-state index is 13.2. The minimum atomic E-state index is -0.343. The average molecular weight is 449 g/mol. The zero-order chi connectivity index (χ0) is 23.4. The zero-order valence-electron chi connectivity index (χ0n) is 18.3. The number of aliphatic hydroxyl groups excluding tert-OH is 1. The molecule has 0 radical (unpaired) electrons. The van der Waals surface area contributed by atoms with Crippen molar-refractivity contribution in [3.05, 3.63) is 71.3 Å². The van der Waals surface area contributed by atoms with Crippen molar-refractivity contribution >= 4 is 17.3 Å². The van der Waals surface area contributed by atoms with Gasteiger partial charge >= 0.3 is 0 Å². The first-order chi connectivity index (χ1) is 16.0. The molecule has 1 fully saturated rings. The third kappa shape index (κ3) is 5.03. The molecule has 1 aromatic heterocycles. The molecule has 1 aliphatic rings. The van der Waals surface area contributed by atoms with Crippen molar-refractivity contribution < 1.29 is 14.3 Å². The number of anilines is 2. The molecule has 1 amide bonds. The van der Waals surface area contributed by atoms with E-state index < -0.39 is 0 Å². The van der Waals surface area contributed by atoms with Crippen molar-refractivity contribution in [2.24, 2.45) is 0 Å². The molecule has 0 spiro atoms. The van der Waals surface area contributed by atoms with E-state index in [2.05, 4.69) is 26.3 Å². The lowest BCUT2D eigenvalue weighted by molar-refractivity contribution is 0.102. The fourth-order valence-electron chi connectivity index (χ4n) is 3.94. The molecule has 0 saturated carbocycles. The van der Waals surface area contributed by atoms with Gasteiger partial charge in [0.25, 0.3) is 5.91 Å². The van der Waals surface area contributed by atoms with Gasteiger partial charge in [-0.15, -0.1) is 0 Å². The van der Waals surface area contributed by atoms with Gasteiger partial charge in [-0.05, 0) is 49.4 Å². The first-order valence-electron chi connectivity index (χ1n) is 10.7. The van der Waals surface area contributed by atoms with E-state index in [4.69, 9.17) is 5.11 Å². The number of aryl methyl sites for hydroxylation is 1. The molecule has 2 heterocycles. The van der Waals surface area contributed by atoms with Gasteiger partial charge in [0.1, 0.15) is 11.9 Å². The highest BCUT2D eigenvalue weighted by Crippen LogP contribution is 2.25. The Bertz CT molecular complexity index is 1180. The fourth-order valence-corrected chi connectivity index (χ4v) is 3.94. The SMILES string of the molecule is Cc1nn(-c2ccc(F)cc2)cc1C(=O)Nc1ccc(N2CCN(CCO)CC2)c(C#N)c1. The lowest BCUT2D eigenvalue weighted by Gasteiger charge is -2.36. The number of amides is 1. The van der Waals surface area contributed by atoms with E-state index in [9.17, 15) is 14.4 Å². The lowest BCUT2D eigenvalue weighted by atomic mass is 10.1. The van der Waals surface area contributed by atoms with Crippen molar-refractivity contribution in [1.82, 2.24) is 14.7 Å². The van der Waals surface area contributed by atoms with Crippen LogP contribution in [0.1, 0.15) is 21.6 Å². The van der Waals surface area contributed by atoms with E-state index in [1.54, 1.807) is 37.4 Å². The second-order valence-corrected chi connectivity index (χ2v) is 7.90. The molecule has 1 saturated heterocycles. The van der Waals surface area contributed by atoms with Crippen molar-refractivity contribution in [2.75, 3.05) is 49.5 Å². The van der Waals surface area contributed by atoms with Crippen LogP contribution in [0.25, 0.3) is 5.69 Å². The monoisotopic (exact) mass is 448 g/mol. The summed E-state index contributed by atoms with van der Waals surface area (Å²) in [6, 6.07) is 13.4. The molecule has 0 aliphatic carbocycles. The van der Waals surface area contributed by atoms with Crippen LogP contribution in [-0.4, -0.2) is 65.0 Å². The number of hydrogen-bond acceptors (Lipinski definition) is 6. The molecular formula is C24H25FN6O2. The predicted octanol–water partition coefficient (Wildman–Crippen LogP) is 2.56. The van der Waals surface area contributed by atoms with Crippen LogP contribution >= 0.6 is 0 Å². The van der Waals surface area contributed by atoms with Crippen molar-refractivity contribution in [2.45, 2.75) is 6.92 Å². The standard InChI is InChI=1S/C24H25FN6O2/c1-17-22(16-31(28-17)21-5-2-19(25)3-6-21)24(33)27-20-4-7-23(18(14-20)15-26)30-10-8-29(9-11-30)12-13-32/h2-7,14,16,32H,8-13H2,1H3,(H,27,33). The molecule has 0 bridgehead atoms. The summed E-state index contributed by atoms with van der Waals surface area (Å²) < 4.78 is 14.7. The topological polar surface area (TPSA) is 97.4 Å². The number of halogens is 1. The van der Waals surface area contributed by atoms with E-state index in [0.29, 0.717) is 34.7 Å². The van der Waals surface area contributed by atoms with E-state index in [0.717, 1.165) is 31.9 Å². The van der Waals surface area contributed by atoms with E-state index in [1.807, 2.05) is 6.07 Å². The Kier molecular flexibility index (Phi) is 6.68. The molecular weight excluding hydrogens is 423 g/mol. The van der Waals surface area contributed by atoms with Crippen LogP contribution in [-0.2, 0) is 0 Å². The molecule has 2 aromatic carbocycles. The van der Waals surface area contributed by atoms with Gasteiger partial charge in [-0.2, -0.15) is 10.4 Å². The first kappa shape index (κ1) is 22.5. The quantitative estimate of drug-likeness (QED) is 0.602. The Morgan fingerprint density at radius 1 is 1.18 bits per heavy atom. The number of benzene rings is 2. The maximum Gasteiger partial charge on any atom is 0.259 e. The van der Waals surface area contributed by atoms with Crippen molar-refractivity contribution in [3.8, 4) is 11.8 Å². The van der Waals surface area contributed by atoms with Crippen molar-refractivity contribution in [1.29, 1.82) is 5.26 Å². The van der Waals surface area contributed by atoms with Gasteiger partial charge in [-0.25, -0.2) is 9.07 Å². The summed E-state index contributed by atoms with van der Waals surface area (Å²) in [4.78, 5) is 17.2. The molecule has 8 nitrogen and oxygen atoms in total. The number of aliphatic hydroxyl groups is 1. The molecule has 170 valence electrons. The first-order valence-corrected chi connectivity index (χ1v) is 10.7. The minimum absolute atomic E-state index is 0.139. The molecule has 0 atom stereocenters. The summed E-state index contributed by atoms with van der Waals surface area (Å²) in [7, 11) is 0. The van der Waals surface area contributed by atoms with Crippen LogP contribution in [0.5, 0.6) is 0 Å². The predicted molar refractivity (Wildman–Crippen MR) is 123 cm³/mol. The highest BCUT2D eigenvalue weighted by molar-refractivity contribution is 6.05. The number of aromatic nitrogens is 2. The number of hydrogen-bond donors (Lipinski definition) is 2. The molecule has 4 rings (SSSR count). The molecule has 1 aliphatic heterocycles. The summed E-state index contributed by atoms with van der Waals surface area (Å²) in [5.41, 5.74) is 3.42. The minimum Gasteiger partial charge on any atom is -0.395 e. The lowest BCUT2D eigenvalue weighted by Crippen LogP contribution is -2.47. The smallest absolute Gasteiger partial charge is 0.259 e. The van der Waals surface area contributed by atoms with Crippen LogP contribution in [0.4, 0.5) is 15.8 Å². The molecule has 3 aromatic rings. The Morgan fingerprint density at radius 2 is 1.91 bits per heavy atom. The summed E-state index contributed by atoms with van der Waals surface area (Å²) >= 11 is 0. The van der Waals surface area contributed by atoms with Crippen LogP contribution in [0.3, 0.4) is 0 Å². The third-order valence-corrected chi connectivity index (χ3v) is 5.74. The Balaban J connectivity index is 1.48. The summed E-state index contributed by atoms with van der Waals surface area (Å²) in [5, 5.41) is 26.0. The zero-order valence-corrected chi connectivity index (χ0v) is 18.3. The van der Waals surface area contributed by atoms with Gasteiger partial charge in [0.15, 0.2) is 0 Å². The number of piperazine rings is 1. The Labute approximate surface area is 191 Å². The van der Waals surface area contributed by atoms with Gasteiger partial charge in [-0.3, -0.25) is 9.69 Å². The normalized spacial score (nSPS) is 14.2. The van der Waals surface area contributed by atoms with Crippen LogP contribution in [0.2, 0.25) is 0 Å². The second-order valence-electron chi connectivity index (χ2n) is 7.90. The summed E-state index contributed by atoms with van der Waals surface area (Å²) in [6.07, 6.45) is 1.60. The number of rotatable bonds is 6. The van der Waals surface area contributed by atoms with E-state index >= 15 is 0 Å². The van der Waals surface area contributed by atoms with Crippen LogP contribution in [0.15, 0.2) is 48.7 Å². The highest BCUT2D eigenvalue weighted by Gasteiger charge is 2.20. The van der Waals surface area contributed by atoms with Crippen LogP contribution in [0, 0.1) is 24.1 Å². The maximum atomic E-state index is 13.2. The number of β-amino-alcohol motifs (C(OH)–C–C–N with tert-alkyl or cyclic N) is 1. The summed E-state index contributed by atoms with van der Waals surface area (Å²) in [6.45, 7) is 5.70. The summed E-state index contributed by atoms with van der Waals surface area (Å²) in [5.74, 6) is -0.681. The van der Waals surface area contributed by atoms with E-state index in [-0.39, 0.29) is 18.3 Å². The number of nitrogens with zero attached hydrogens (tertiary/aromatic N) is 5. The van der Waals surface area contributed by atoms with E-state index in [1.165, 1.54) is 16.8 Å². The largest absolute Gasteiger partial charge is 0.395 e. The Morgan fingerprint density at radius 3 is 2.58 bits per heavy atom. The number of carbonyl (C=O) groups is 1. The van der Waals surface area contributed by atoms with Gasteiger partial charge in [0.05, 0.1) is 34.8 Å². The molecule has 0 unspecified atom stereocenters. The van der Waals surface area contributed by atoms with Crippen molar-refractivity contribution in [3.63, 3.8) is 0 Å². The van der Waals surface area contributed by atoms with Gasteiger partial charge in [-0.1, -0.05) is 0 Å². The van der Waals surface area contributed by atoms with Crippen LogP contribution < -0.4 is 10.2 Å². The molecule has 33 heavy (non-hydrogen) atoms.